The van der Waals surface area contributed by atoms with Gasteiger partial charge in [0, 0.05) is 24.3 Å². The average molecular weight is 429 g/mol. The van der Waals surface area contributed by atoms with Crippen molar-refractivity contribution in [2.45, 2.75) is 11.4 Å². The summed E-state index contributed by atoms with van der Waals surface area (Å²) in [6, 6.07) is 8.36. The molecular weight excluding hydrogens is 411 g/mol. The van der Waals surface area contributed by atoms with Crippen LogP contribution in [0.1, 0.15) is 5.56 Å². The zero-order valence-corrected chi connectivity index (χ0v) is 17.3. The number of anilines is 1. The molecule has 148 valence electrons. The molecule has 1 aliphatic heterocycles. The van der Waals surface area contributed by atoms with E-state index in [1.165, 1.54) is 42.3 Å². The zero-order valence-electron chi connectivity index (χ0n) is 15.7. The highest BCUT2D eigenvalue weighted by Gasteiger charge is 2.25. The van der Waals surface area contributed by atoms with E-state index >= 15 is 0 Å². The summed E-state index contributed by atoms with van der Waals surface area (Å²) in [5.74, 6) is -0.734. The van der Waals surface area contributed by atoms with Gasteiger partial charge in [0.05, 0.1) is 17.5 Å². The summed E-state index contributed by atoms with van der Waals surface area (Å²) in [6.45, 7) is -0.0635. The maximum atomic E-state index is 13.7. The van der Waals surface area contributed by atoms with Crippen LogP contribution >= 0.6 is 23.1 Å². The molecule has 3 heterocycles. The van der Waals surface area contributed by atoms with E-state index in [1.807, 2.05) is 30.2 Å². The molecule has 0 radical (unpaired) electrons. The van der Waals surface area contributed by atoms with Crippen molar-refractivity contribution in [2.75, 3.05) is 19.1 Å². The normalized spacial score (nSPS) is 15.6. The molecule has 3 aromatic rings. The van der Waals surface area contributed by atoms with Gasteiger partial charge in [0.15, 0.2) is 0 Å². The first-order valence-electron chi connectivity index (χ1n) is 8.66. The largest absolute Gasteiger partial charge is 0.468 e. The van der Waals surface area contributed by atoms with E-state index in [2.05, 4.69) is 4.98 Å². The van der Waals surface area contributed by atoms with Gasteiger partial charge in [-0.05, 0) is 42.0 Å². The third-order valence-corrected chi connectivity index (χ3v) is 6.96. The van der Waals surface area contributed by atoms with Crippen molar-refractivity contribution in [1.82, 2.24) is 9.55 Å². The van der Waals surface area contributed by atoms with Crippen molar-refractivity contribution < 1.29 is 13.9 Å². The van der Waals surface area contributed by atoms with E-state index in [9.17, 15) is 9.18 Å². The van der Waals surface area contributed by atoms with Crippen molar-refractivity contribution in [3.05, 3.63) is 68.8 Å². The molecule has 29 heavy (non-hydrogen) atoms. The maximum absolute atomic E-state index is 13.7. The first kappa shape index (κ1) is 19.4. The molecule has 1 aromatic carbocycles. The number of carbonyl (C=O) groups excluding carboxylic acids is 1. The van der Waals surface area contributed by atoms with Gasteiger partial charge in [-0.15, -0.1) is 11.3 Å². The van der Waals surface area contributed by atoms with Gasteiger partial charge >= 0.3 is 5.97 Å². The number of fused-ring (bicyclic) bond motifs is 1. The van der Waals surface area contributed by atoms with Crippen LogP contribution in [0.25, 0.3) is 11.1 Å². The minimum Gasteiger partial charge on any atom is -0.468 e. The van der Waals surface area contributed by atoms with Crippen LogP contribution in [0, 0.1) is 11.2 Å². The number of hydrogen-bond donors (Lipinski definition) is 1. The third kappa shape index (κ3) is 3.70. The van der Waals surface area contributed by atoms with Gasteiger partial charge < -0.3 is 14.2 Å². The van der Waals surface area contributed by atoms with E-state index in [4.69, 9.17) is 10.1 Å². The van der Waals surface area contributed by atoms with Crippen LogP contribution in [0.3, 0.4) is 0 Å². The molecule has 4 rings (SSSR count). The maximum Gasteiger partial charge on any atom is 0.325 e. The lowest BCUT2D eigenvalue weighted by atomic mass is 10.3. The molecule has 1 N–H and O–H groups in total. The minimum atomic E-state index is -0.431. The predicted octanol–water partition coefficient (Wildman–Crippen LogP) is 1.87. The standard InChI is InChI=1S/C20H17FN4O2S2/c1-24-14-10-13(21)3-4-15(14)28-20(24)18-19(22)25(11-17(26)27-2)16(29-18)9-12-5-7-23-8-6-12/h3-10,22H,11H2,1-2H3/b16-9-,20-18+,22-19?. The number of hydrogen-bond acceptors (Lipinski definition) is 7. The number of halogens is 1. The summed E-state index contributed by atoms with van der Waals surface area (Å²) in [4.78, 5) is 18.8. The lowest BCUT2D eigenvalue weighted by Crippen LogP contribution is -2.36. The van der Waals surface area contributed by atoms with Crippen LogP contribution in [-0.4, -0.2) is 29.7 Å². The highest BCUT2D eigenvalue weighted by molar-refractivity contribution is 8.08. The Hall–Kier alpha value is -2.91. The number of esters is 1. The van der Waals surface area contributed by atoms with E-state index in [-0.39, 0.29) is 17.8 Å². The molecule has 0 fully saturated rings. The van der Waals surface area contributed by atoms with Crippen molar-refractivity contribution in [2.24, 2.45) is 0 Å². The summed E-state index contributed by atoms with van der Waals surface area (Å²) < 4.78 is 21.6. The second-order valence-electron chi connectivity index (χ2n) is 6.28. The number of benzene rings is 1. The van der Waals surface area contributed by atoms with Crippen LogP contribution in [0.5, 0.6) is 0 Å². The fourth-order valence-electron chi connectivity index (χ4n) is 2.97. The molecular formula is C20H17FN4O2S2. The number of ether oxygens (including phenoxy) is 1. The Morgan fingerprint density at radius 1 is 1.31 bits per heavy atom. The molecule has 0 aliphatic carbocycles. The van der Waals surface area contributed by atoms with Crippen molar-refractivity contribution in [1.29, 1.82) is 5.41 Å². The van der Waals surface area contributed by atoms with Gasteiger partial charge in [-0.3, -0.25) is 15.2 Å². The number of rotatable bonds is 3. The van der Waals surface area contributed by atoms with Gasteiger partial charge in [0.1, 0.15) is 27.4 Å². The Morgan fingerprint density at radius 3 is 2.79 bits per heavy atom. The Labute approximate surface area is 174 Å². The number of nitrogens with zero attached hydrogens (tertiary/aromatic N) is 3. The number of carbonyl (C=O) groups is 1. The predicted molar refractivity (Wildman–Crippen MR) is 111 cm³/mol. The number of methoxy groups -OCH3 is 1. The highest BCUT2D eigenvalue weighted by atomic mass is 32.2. The molecule has 6 nitrogen and oxygen atoms in total. The topological polar surface area (TPSA) is 71.2 Å². The van der Waals surface area contributed by atoms with Gasteiger partial charge in [-0.1, -0.05) is 11.8 Å². The lowest BCUT2D eigenvalue weighted by Gasteiger charge is -2.12. The van der Waals surface area contributed by atoms with Crippen LogP contribution in [0.4, 0.5) is 10.1 Å². The van der Waals surface area contributed by atoms with Crippen LogP contribution < -0.4 is 19.6 Å². The smallest absolute Gasteiger partial charge is 0.325 e. The molecule has 0 atom stereocenters. The molecule has 0 spiro atoms. The number of nitrogens with one attached hydrogen (secondary N) is 1. The first-order chi connectivity index (χ1) is 14.0. The number of aromatic nitrogens is 2. The van der Waals surface area contributed by atoms with Gasteiger partial charge in [-0.2, -0.15) is 0 Å². The summed E-state index contributed by atoms with van der Waals surface area (Å²) in [5, 5.41) is 9.53. The van der Waals surface area contributed by atoms with Crippen LogP contribution in [0.15, 0.2) is 47.6 Å². The van der Waals surface area contributed by atoms with Gasteiger partial charge in [0.25, 0.3) is 0 Å². The molecule has 0 amide bonds. The van der Waals surface area contributed by atoms with E-state index < -0.39 is 5.97 Å². The molecule has 1 aliphatic rings. The molecule has 2 aromatic heterocycles. The first-order valence-corrected chi connectivity index (χ1v) is 10.3. The van der Waals surface area contributed by atoms with Crippen molar-refractivity contribution in [3.8, 4) is 0 Å². The molecule has 0 saturated heterocycles. The zero-order chi connectivity index (χ0) is 20.5. The lowest BCUT2D eigenvalue weighted by molar-refractivity contribution is -0.141. The summed E-state index contributed by atoms with van der Waals surface area (Å²) in [7, 11) is 3.18. The fourth-order valence-corrected chi connectivity index (χ4v) is 5.39. The molecule has 0 unspecified atom stereocenters. The Bertz CT molecular complexity index is 1270. The average Bonchev–Trinajstić information content (AvgIpc) is 3.20. The number of thioether (sulfide) groups is 1. The van der Waals surface area contributed by atoms with Crippen LogP contribution in [-0.2, 0) is 16.1 Å². The van der Waals surface area contributed by atoms with E-state index in [0.29, 0.717) is 4.53 Å². The second kappa shape index (κ2) is 7.84. The summed E-state index contributed by atoms with van der Waals surface area (Å²) in [6.07, 6.45) is 5.28. The highest BCUT2D eigenvalue weighted by Crippen LogP contribution is 2.45. The third-order valence-electron chi connectivity index (χ3n) is 4.46. The van der Waals surface area contributed by atoms with E-state index in [1.54, 1.807) is 23.0 Å². The monoisotopic (exact) mass is 428 g/mol. The molecule has 0 saturated carbocycles. The number of pyridine rings is 1. The quantitative estimate of drug-likeness (QED) is 0.645. The molecule has 9 heteroatoms. The van der Waals surface area contributed by atoms with Gasteiger partial charge in [0.2, 0.25) is 0 Å². The van der Waals surface area contributed by atoms with Gasteiger partial charge in [-0.25, -0.2) is 4.39 Å². The summed E-state index contributed by atoms with van der Waals surface area (Å²) >= 11 is 2.89. The van der Waals surface area contributed by atoms with Crippen molar-refractivity contribution in [3.63, 3.8) is 0 Å². The SMILES string of the molecule is COC(=O)Cn1c(=N)/c(=C2\Sc3ccc(F)cc3N2C)s/c1=C\c1ccncc1. The Morgan fingerprint density at radius 2 is 2.07 bits per heavy atom. The fraction of sp³-hybridized carbons (Fsp3) is 0.150. The summed E-state index contributed by atoms with van der Waals surface area (Å²) in [5.41, 5.74) is 1.88. The Kier molecular flexibility index (Phi) is 5.25. The Balaban J connectivity index is 1.93. The van der Waals surface area contributed by atoms with Crippen LogP contribution in [0.2, 0.25) is 0 Å². The minimum absolute atomic E-state index is 0.0635. The number of thiazole rings is 1. The van der Waals surface area contributed by atoms with Crippen molar-refractivity contribution >= 4 is 45.9 Å². The van der Waals surface area contributed by atoms with E-state index in [0.717, 1.165) is 25.8 Å². The second-order valence-corrected chi connectivity index (χ2v) is 8.34. The molecule has 0 bridgehead atoms.